The number of aromatic nitrogens is 4. The molecule has 6 nitrogen and oxygen atoms in total. The number of hydrogen-bond donors (Lipinski definition) is 1. The monoisotopic (exact) mass is 437 g/mol. The number of halogens is 4. The van der Waals surface area contributed by atoms with Crippen molar-refractivity contribution < 1.29 is 13.2 Å². The zero-order valence-corrected chi connectivity index (χ0v) is 16.8. The van der Waals surface area contributed by atoms with Crippen LogP contribution < -0.4 is 11.3 Å². The van der Waals surface area contributed by atoms with Crippen molar-refractivity contribution in [1.82, 2.24) is 19.3 Å². The first-order valence-electron chi connectivity index (χ1n) is 9.72. The third kappa shape index (κ3) is 2.86. The van der Waals surface area contributed by atoms with E-state index < -0.39 is 22.3 Å². The highest BCUT2D eigenvalue weighted by Gasteiger charge is 2.49. The molecule has 2 aromatic heterocycles. The van der Waals surface area contributed by atoms with E-state index in [2.05, 4.69) is 10.1 Å². The highest BCUT2D eigenvalue weighted by atomic mass is 35.5. The van der Waals surface area contributed by atoms with Gasteiger partial charge in [0.2, 0.25) is 0 Å². The maximum atomic E-state index is 13.2. The maximum absolute atomic E-state index is 13.2. The van der Waals surface area contributed by atoms with Crippen molar-refractivity contribution in [3.8, 4) is 0 Å². The van der Waals surface area contributed by atoms with E-state index in [0.717, 1.165) is 31.7 Å². The molecule has 158 valence electrons. The van der Waals surface area contributed by atoms with Gasteiger partial charge in [-0.05, 0) is 49.3 Å². The van der Waals surface area contributed by atoms with Crippen LogP contribution in [0.4, 0.5) is 13.2 Å². The molecule has 0 bridgehead atoms. The summed E-state index contributed by atoms with van der Waals surface area (Å²) in [5, 5.41) is 3.98. The van der Waals surface area contributed by atoms with Crippen molar-refractivity contribution >= 4 is 22.6 Å². The fourth-order valence-electron chi connectivity index (χ4n) is 4.26. The molecule has 5 rings (SSSR count). The molecule has 0 spiro atoms. The van der Waals surface area contributed by atoms with Gasteiger partial charge in [0.1, 0.15) is 5.52 Å². The Balaban J connectivity index is 1.71. The number of nitrogens with two attached hydrogens (primary N) is 1. The minimum absolute atomic E-state index is 0.0171. The Morgan fingerprint density at radius 2 is 1.87 bits per heavy atom. The van der Waals surface area contributed by atoms with Crippen molar-refractivity contribution in [3.63, 3.8) is 0 Å². The lowest BCUT2D eigenvalue weighted by molar-refractivity contribution is -0.137. The summed E-state index contributed by atoms with van der Waals surface area (Å²) in [4.78, 5) is 17.4. The molecular weight excluding hydrogens is 419 g/mol. The van der Waals surface area contributed by atoms with Crippen molar-refractivity contribution in [1.29, 1.82) is 0 Å². The van der Waals surface area contributed by atoms with Gasteiger partial charge in [0.15, 0.2) is 5.52 Å². The Kier molecular flexibility index (Phi) is 4.11. The van der Waals surface area contributed by atoms with Gasteiger partial charge in [-0.3, -0.25) is 14.0 Å². The number of alkyl halides is 3. The van der Waals surface area contributed by atoms with Crippen LogP contribution in [0.3, 0.4) is 0 Å². The summed E-state index contributed by atoms with van der Waals surface area (Å²) in [5.41, 5.74) is 6.15. The molecule has 0 unspecified atom stereocenters. The van der Waals surface area contributed by atoms with E-state index >= 15 is 0 Å². The average Bonchev–Trinajstić information content (AvgIpc) is 3.57. The lowest BCUT2D eigenvalue weighted by atomic mass is 9.81. The number of benzene rings is 1. The Morgan fingerprint density at radius 1 is 1.17 bits per heavy atom. The number of rotatable bonds is 4. The molecule has 2 aliphatic rings. The Hall–Kier alpha value is -2.39. The second kappa shape index (κ2) is 6.31. The minimum atomic E-state index is -4.55. The van der Waals surface area contributed by atoms with Crippen LogP contribution in [-0.2, 0) is 18.8 Å². The molecule has 2 aliphatic carbocycles. The molecular formula is C20H19ClF3N5O. The fraction of sp³-hybridized carbons (Fsp3) is 0.450. The summed E-state index contributed by atoms with van der Waals surface area (Å²) in [6.45, 7) is 0. The lowest BCUT2D eigenvalue weighted by Crippen LogP contribution is -2.42. The van der Waals surface area contributed by atoms with Gasteiger partial charge < -0.3 is 5.73 Å². The number of hydrogen-bond acceptors (Lipinski definition) is 4. The standard InChI is InChI=1S/C20H19ClF3N5O/c1-28-17(15-16(27-28)18(30)29(9-26-15)12-5-6-12)19(25,10-2-3-10)11-4-7-13(14(21)8-11)20(22,23)24/h4,7-10,12H,2-3,5-6,25H2,1H3/t19-/m0/s1. The molecule has 0 aliphatic heterocycles. The summed E-state index contributed by atoms with van der Waals surface area (Å²) < 4.78 is 42.6. The average molecular weight is 438 g/mol. The highest BCUT2D eigenvalue weighted by molar-refractivity contribution is 6.31. The summed E-state index contributed by atoms with van der Waals surface area (Å²) >= 11 is 5.99. The molecule has 1 aromatic carbocycles. The number of nitrogens with zero attached hydrogens (tertiary/aromatic N) is 4. The van der Waals surface area contributed by atoms with Gasteiger partial charge in [0, 0.05) is 13.1 Å². The van der Waals surface area contributed by atoms with E-state index in [1.807, 2.05) is 0 Å². The molecule has 2 saturated carbocycles. The van der Waals surface area contributed by atoms with E-state index in [-0.39, 0.29) is 23.0 Å². The Labute approximate surface area is 174 Å². The predicted molar refractivity (Wildman–Crippen MR) is 105 cm³/mol. The van der Waals surface area contributed by atoms with Gasteiger partial charge in [-0.15, -0.1) is 0 Å². The first kappa shape index (κ1) is 19.6. The van der Waals surface area contributed by atoms with Crippen LogP contribution in [-0.4, -0.2) is 19.3 Å². The number of aryl methyl sites for hydroxylation is 1. The van der Waals surface area contributed by atoms with E-state index in [1.54, 1.807) is 11.6 Å². The summed E-state index contributed by atoms with van der Waals surface area (Å²) in [7, 11) is 1.67. The molecule has 2 heterocycles. The van der Waals surface area contributed by atoms with E-state index in [0.29, 0.717) is 16.8 Å². The molecule has 30 heavy (non-hydrogen) atoms. The maximum Gasteiger partial charge on any atom is 0.417 e. The predicted octanol–water partition coefficient (Wildman–Crippen LogP) is 3.75. The van der Waals surface area contributed by atoms with Crippen molar-refractivity contribution in [2.24, 2.45) is 18.7 Å². The molecule has 0 amide bonds. The molecule has 10 heteroatoms. The largest absolute Gasteiger partial charge is 0.417 e. The normalized spacial score (nSPS) is 19.3. The van der Waals surface area contributed by atoms with Crippen LogP contribution in [0.5, 0.6) is 0 Å². The third-order valence-electron chi connectivity index (χ3n) is 6.08. The summed E-state index contributed by atoms with van der Waals surface area (Å²) in [6.07, 6.45) is 0.434. The van der Waals surface area contributed by atoms with Crippen LogP contribution in [0, 0.1) is 5.92 Å². The fourth-order valence-corrected chi connectivity index (χ4v) is 4.54. The van der Waals surface area contributed by atoms with Gasteiger partial charge >= 0.3 is 6.18 Å². The molecule has 0 saturated heterocycles. The first-order chi connectivity index (χ1) is 14.1. The van der Waals surface area contributed by atoms with Crippen molar-refractivity contribution in [3.05, 3.63) is 56.7 Å². The van der Waals surface area contributed by atoms with Gasteiger partial charge in [0.05, 0.1) is 28.1 Å². The Bertz CT molecular complexity index is 1230. The number of fused-ring (bicyclic) bond motifs is 1. The van der Waals surface area contributed by atoms with Crippen LogP contribution in [0.1, 0.15) is 48.5 Å². The van der Waals surface area contributed by atoms with Crippen molar-refractivity contribution in [2.45, 2.75) is 43.4 Å². The second-order valence-corrected chi connectivity index (χ2v) is 8.60. The van der Waals surface area contributed by atoms with Gasteiger partial charge in [-0.2, -0.15) is 18.3 Å². The topological polar surface area (TPSA) is 78.7 Å². The molecule has 2 fully saturated rings. The van der Waals surface area contributed by atoms with Gasteiger partial charge in [-0.25, -0.2) is 4.98 Å². The van der Waals surface area contributed by atoms with E-state index in [9.17, 15) is 18.0 Å². The zero-order valence-electron chi connectivity index (χ0n) is 16.1. The van der Waals surface area contributed by atoms with Gasteiger partial charge in [0.25, 0.3) is 5.56 Å². The summed E-state index contributed by atoms with van der Waals surface area (Å²) in [5.74, 6) is -0.0171. The second-order valence-electron chi connectivity index (χ2n) is 8.19. The van der Waals surface area contributed by atoms with Crippen LogP contribution in [0.25, 0.3) is 11.0 Å². The van der Waals surface area contributed by atoms with Crippen molar-refractivity contribution in [2.75, 3.05) is 0 Å². The van der Waals surface area contributed by atoms with Gasteiger partial charge in [-0.1, -0.05) is 17.7 Å². The van der Waals surface area contributed by atoms with Crippen LogP contribution >= 0.6 is 11.6 Å². The van der Waals surface area contributed by atoms with E-state index in [4.69, 9.17) is 17.3 Å². The lowest BCUT2D eigenvalue weighted by Gasteiger charge is -2.31. The minimum Gasteiger partial charge on any atom is -0.316 e. The SMILES string of the molecule is Cn1nc2c(=O)n(C3CC3)cnc2c1[C@@](N)(c1ccc(C(F)(F)F)c(Cl)c1)C1CC1. The summed E-state index contributed by atoms with van der Waals surface area (Å²) in [6, 6.07) is 3.73. The highest BCUT2D eigenvalue weighted by Crippen LogP contribution is 2.50. The van der Waals surface area contributed by atoms with Crippen LogP contribution in [0.2, 0.25) is 5.02 Å². The molecule has 1 atom stereocenters. The first-order valence-corrected chi connectivity index (χ1v) is 10.1. The quantitative estimate of drug-likeness (QED) is 0.674. The zero-order chi connectivity index (χ0) is 21.4. The smallest absolute Gasteiger partial charge is 0.316 e. The van der Waals surface area contributed by atoms with Crippen LogP contribution in [0.15, 0.2) is 29.3 Å². The molecule has 3 aromatic rings. The Morgan fingerprint density at radius 3 is 2.43 bits per heavy atom. The molecule has 2 N–H and O–H groups in total. The molecule has 0 radical (unpaired) electrons. The third-order valence-corrected chi connectivity index (χ3v) is 6.39. The van der Waals surface area contributed by atoms with E-state index in [1.165, 1.54) is 23.1 Å².